The van der Waals surface area contributed by atoms with Gasteiger partial charge >= 0.3 is 6.85 Å². The van der Waals surface area contributed by atoms with E-state index in [1.54, 1.807) is 0 Å². The lowest BCUT2D eigenvalue weighted by Crippen LogP contribution is -2.62. The van der Waals surface area contributed by atoms with E-state index in [9.17, 15) is 0 Å². The standard InChI is InChI=1S/C67H72BN3/c1-62(2,3)39-23-28-45(29-24-39)71-60-48-34-40(63(4,5)6)25-30-51(48)67(16,17)57(60)50-36-43(66(13,14)15)37-55-58(50)68(71)52-38-47-46-33-41(64(7,8)9)26-31-53(46)69(44-21-19-18-20-22-44)59(47)56-49-35-42(65(10,11)12)27-32-54(49)70(55)61(52)56/h18-38H,1-17H3. The van der Waals surface area contributed by atoms with E-state index in [4.69, 9.17) is 0 Å². The molecule has 0 saturated carbocycles. The Hall–Kier alpha value is -6.26. The molecule has 358 valence electrons. The fraction of sp³-hybridized carbons (Fsp3) is 0.343. The predicted molar refractivity (Wildman–Crippen MR) is 309 cm³/mol. The quantitative estimate of drug-likeness (QED) is 0.157. The lowest BCUT2D eigenvalue weighted by atomic mass is 9.43. The molecule has 3 aliphatic rings. The summed E-state index contributed by atoms with van der Waals surface area (Å²) in [5, 5.41) is 5.24. The zero-order valence-electron chi connectivity index (χ0n) is 45.5. The summed E-state index contributed by atoms with van der Waals surface area (Å²) in [6.07, 6.45) is 0. The number of para-hydroxylation sites is 1. The van der Waals surface area contributed by atoms with Gasteiger partial charge in [-0.2, -0.15) is 0 Å². The van der Waals surface area contributed by atoms with Crippen LogP contribution in [0.4, 0.5) is 5.69 Å². The van der Waals surface area contributed by atoms with E-state index in [1.807, 2.05) is 0 Å². The largest absolute Gasteiger partial charge is 0.376 e. The van der Waals surface area contributed by atoms with Gasteiger partial charge in [0.25, 0.3) is 0 Å². The Morgan fingerprint density at radius 2 is 0.944 bits per heavy atom. The zero-order chi connectivity index (χ0) is 50.4. The Morgan fingerprint density at radius 1 is 0.423 bits per heavy atom. The van der Waals surface area contributed by atoms with Crippen molar-refractivity contribution < 1.29 is 0 Å². The van der Waals surface area contributed by atoms with E-state index in [2.05, 4.69) is 259 Å². The maximum atomic E-state index is 2.81. The molecule has 0 radical (unpaired) electrons. The minimum Gasteiger partial charge on any atom is -0.376 e. The van der Waals surface area contributed by atoms with Crippen molar-refractivity contribution in [2.24, 2.45) is 0 Å². The van der Waals surface area contributed by atoms with Crippen molar-refractivity contribution in [3.63, 3.8) is 0 Å². The van der Waals surface area contributed by atoms with Crippen LogP contribution >= 0.6 is 0 Å². The molecule has 0 N–H and O–H groups in total. The third-order valence-corrected chi connectivity index (χ3v) is 16.8. The molecule has 3 nitrogen and oxygen atoms in total. The van der Waals surface area contributed by atoms with Crippen LogP contribution in [0, 0.1) is 0 Å². The normalized spacial score (nSPS) is 15.7. The van der Waals surface area contributed by atoms with Crippen molar-refractivity contribution in [2.45, 2.75) is 150 Å². The van der Waals surface area contributed by atoms with Crippen molar-refractivity contribution in [2.75, 3.05) is 4.81 Å². The van der Waals surface area contributed by atoms with Gasteiger partial charge in [0.15, 0.2) is 0 Å². The number of allylic oxidation sites excluding steroid dienone is 1. The van der Waals surface area contributed by atoms with E-state index in [0.717, 1.165) is 0 Å². The molecule has 9 aromatic rings. The van der Waals surface area contributed by atoms with Gasteiger partial charge in [-0.1, -0.05) is 184 Å². The summed E-state index contributed by atoms with van der Waals surface area (Å²) in [6.45, 7) is 40.2. The van der Waals surface area contributed by atoms with Crippen LogP contribution in [0.25, 0.3) is 66.3 Å². The van der Waals surface area contributed by atoms with E-state index in [0.29, 0.717) is 0 Å². The van der Waals surface area contributed by atoms with Crippen LogP contribution in [0.3, 0.4) is 0 Å². The first-order chi connectivity index (χ1) is 33.2. The Balaban J connectivity index is 1.34. The smallest absolute Gasteiger partial charge is 0.333 e. The van der Waals surface area contributed by atoms with Gasteiger partial charge in [0.2, 0.25) is 0 Å². The molecule has 0 atom stereocenters. The molecule has 0 saturated heterocycles. The molecule has 0 bridgehead atoms. The van der Waals surface area contributed by atoms with Crippen LogP contribution in [0.1, 0.15) is 162 Å². The summed E-state index contributed by atoms with van der Waals surface area (Å²) in [7, 11) is 0. The summed E-state index contributed by atoms with van der Waals surface area (Å²) >= 11 is 0. The molecule has 12 rings (SSSR count). The Morgan fingerprint density at radius 3 is 1.54 bits per heavy atom. The molecule has 1 aliphatic carbocycles. The molecular weight excluding hydrogens is 858 g/mol. The third kappa shape index (κ3) is 6.54. The summed E-state index contributed by atoms with van der Waals surface area (Å²) in [6, 6.07) is 50.8. The van der Waals surface area contributed by atoms with Crippen LogP contribution < -0.4 is 15.7 Å². The molecule has 0 spiro atoms. The van der Waals surface area contributed by atoms with Gasteiger partial charge in [-0.3, -0.25) is 0 Å². The summed E-state index contributed by atoms with van der Waals surface area (Å²) < 4.78 is 5.30. The SMILES string of the molecule is CC(C)(C)c1ccc(N2B3c4c(cc(C(C)(C)C)cc4-n4c5ccc(C(C)(C)C)cc5c5c4c3cc3c4cc(C(C)(C)C)ccc4n(-c4ccccc4)c35)C3=C2c2cc(C(C)(C)C)ccc2C3(C)C)cc1. The molecule has 4 heterocycles. The Bertz CT molecular complexity index is 3780. The van der Waals surface area contributed by atoms with Crippen LogP contribution in [-0.2, 0) is 32.5 Å². The van der Waals surface area contributed by atoms with Crippen LogP contribution in [0.15, 0.2) is 127 Å². The van der Waals surface area contributed by atoms with Crippen molar-refractivity contribution in [1.29, 1.82) is 0 Å². The number of nitrogens with zero attached hydrogens (tertiary/aromatic N) is 3. The van der Waals surface area contributed by atoms with E-state index >= 15 is 0 Å². The highest BCUT2D eigenvalue weighted by Crippen LogP contribution is 2.57. The van der Waals surface area contributed by atoms with Gasteiger partial charge in [0.1, 0.15) is 0 Å². The maximum Gasteiger partial charge on any atom is 0.333 e. The summed E-state index contributed by atoms with van der Waals surface area (Å²) in [5.41, 5.74) is 24.8. The van der Waals surface area contributed by atoms with Gasteiger partial charge in [-0.25, -0.2) is 0 Å². The number of rotatable bonds is 2. The molecule has 0 unspecified atom stereocenters. The van der Waals surface area contributed by atoms with Crippen LogP contribution in [0.5, 0.6) is 0 Å². The fourth-order valence-electron chi connectivity index (χ4n) is 12.7. The van der Waals surface area contributed by atoms with Gasteiger partial charge in [0, 0.05) is 55.3 Å². The molecule has 0 amide bonds. The highest BCUT2D eigenvalue weighted by molar-refractivity contribution is 6.94. The number of anilines is 1. The van der Waals surface area contributed by atoms with Crippen molar-refractivity contribution >= 4 is 78.3 Å². The van der Waals surface area contributed by atoms with Gasteiger partial charge in [-0.05, 0) is 143 Å². The lowest BCUT2D eigenvalue weighted by molar-refractivity contribution is 0.588. The molecule has 0 fully saturated rings. The molecular formula is C67H72BN3. The van der Waals surface area contributed by atoms with Gasteiger partial charge < -0.3 is 13.9 Å². The van der Waals surface area contributed by atoms with Gasteiger partial charge in [-0.15, -0.1) is 0 Å². The first-order valence-electron chi connectivity index (χ1n) is 26.3. The first-order valence-corrected chi connectivity index (χ1v) is 26.3. The van der Waals surface area contributed by atoms with E-state index in [1.165, 1.54) is 127 Å². The zero-order valence-corrected chi connectivity index (χ0v) is 45.5. The fourth-order valence-corrected chi connectivity index (χ4v) is 12.7. The average molecular weight is 930 g/mol. The molecule has 2 aromatic heterocycles. The molecule has 4 heteroatoms. The minimum atomic E-state index is -0.272. The minimum absolute atomic E-state index is 0.0191. The van der Waals surface area contributed by atoms with Crippen molar-refractivity contribution in [3.8, 4) is 11.4 Å². The highest BCUT2D eigenvalue weighted by Gasteiger charge is 2.52. The number of hydrogen-bond acceptors (Lipinski definition) is 1. The monoisotopic (exact) mass is 930 g/mol. The van der Waals surface area contributed by atoms with E-state index < -0.39 is 0 Å². The first kappa shape index (κ1) is 45.9. The average Bonchev–Trinajstić information content (AvgIpc) is 3.89. The van der Waals surface area contributed by atoms with Crippen LogP contribution in [-0.4, -0.2) is 16.0 Å². The Labute approximate surface area is 423 Å². The number of hydrogen-bond donors (Lipinski definition) is 0. The summed E-state index contributed by atoms with van der Waals surface area (Å²) in [5.74, 6) is 0. The predicted octanol–water partition coefficient (Wildman–Crippen LogP) is 16.5. The molecule has 2 aliphatic heterocycles. The number of fused-ring (bicyclic) bond motifs is 12. The molecule has 71 heavy (non-hydrogen) atoms. The topological polar surface area (TPSA) is 13.1 Å². The lowest BCUT2D eigenvalue weighted by Gasteiger charge is -2.44. The van der Waals surface area contributed by atoms with Crippen molar-refractivity contribution in [3.05, 3.63) is 172 Å². The molecule has 7 aromatic carbocycles. The van der Waals surface area contributed by atoms with Crippen molar-refractivity contribution in [1.82, 2.24) is 9.13 Å². The maximum absolute atomic E-state index is 2.81. The second-order valence-corrected chi connectivity index (χ2v) is 27.2. The Kier molecular flexibility index (Phi) is 9.34. The van der Waals surface area contributed by atoms with E-state index in [-0.39, 0.29) is 39.3 Å². The van der Waals surface area contributed by atoms with Gasteiger partial charge in [0.05, 0.1) is 22.1 Å². The van der Waals surface area contributed by atoms with Crippen LogP contribution in [0.2, 0.25) is 0 Å². The second kappa shape index (κ2) is 14.5. The third-order valence-electron chi connectivity index (χ3n) is 16.8. The highest BCUT2D eigenvalue weighted by atomic mass is 15.1. The summed E-state index contributed by atoms with van der Waals surface area (Å²) in [4.78, 5) is 2.81. The number of aromatic nitrogens is 2. The number of benzene rings is 7. The second-order valence-electron chi connectivity index (χ2n) is 27.2.